The zero-order valence-electron chi connectivity index (χ0n) is 11.2. The number of rotatable bonds is 1. The molecule has 6 nitrogen and oxygen atoms in total. The van der Waals surface area contributed by atoms with Crippen LogP contribution in [0.2, 0.25) is 0 Å². The van der Waals surface area contributed by atoms with E-state index in [4.69, 9.17) is 15.2 Å². The topological polar surface area (TPSA) is 75.2 Å². The van der Waals surface area contributed by atoms with E-state index in [0.717, 1.165) is 41.6 Å². The Morgan fingerprint density at radius 1 is 1.30 bits per heavy atom. The van der Waals surface area contributed by atoms with Gasteiger partial charge in [0, 0.05) is 18.0 Å². The van der Waals surface area contributed by atoms with Gasteiger partial charge in [0.2, 0.25) is 6.79 Å². The maximum atomic E-state index is 6.09. The fourth-order valence-electron chi connectivity index (χ4n) is 2.73. The molecule has 104 valence electrons. The molecule has 1 aromatic heterocycles. The van der Waals surface area contributed by atoms with E-state index in [-0.39, 0.29) is 18.9 Å². The van der Waals surface area contributed by atoms with Crippen molar-refractivity contribution in [2.45, 2.75) is 31.8 Å². The number of nitrogens with two attached hydrogens (primary N) is 1. The normalized spacial score (nSPS) is 23.7. The molecule has 2 unspecified atom stereocenters. The van der Waals surface area contributed by atoms with E-state index >= 15 is 0 Å². The summed E-state index contributed by atoms with van der Waals surface area (Å²) in [4.78, 5) is 4.63. The summed E-state index contributed by atoms with van der Waals surface area (Å²) in [7, 11) is 0. The number of hydrogen-bond donors (Lipinski definition) is 1. The predicted molar refractivity (Wildman–Crippen MR) is 72.6 cm³/mol. The van der Waals surface area contributed by atoms with Crippen LogP contribution in [0.4, 0.5) is 0 Å². The molecule has 1 aromatic carbocycles. The zero-order chi connectivity index (χ0) is 13.7. The molecule has 2 aliphatic rings. The molecule has 0 radical (unpaired) electrons. The molecule has 6 heteroatoms. The first-order valence-corrected chi connectivity index (χ1v) is 6.83. The summed E-state index contributed by atoms with van der Waals surface area (Å²) in [5.41, 5.74) is 7.03. The molecule has 2 aliphatic heterocycles. The molecule has 2 N–H and O–H groups in total. The maximum Gasteiger partial charge on any atom is 0.231 e. The van der Waals surface area contributed by atoms with Gasteiger partial charge in [-0.2, -0.15) is 5.10 Å². The second kappa shape index (κ2) is 4.21. The van der Waals surface area contributed by atoms with Crippen molar-refractivity contribution in [3.05, 3.63) is 24.0 Å². The van der Waals surface area contributed by atoms with Crippen molar-refractivity contribution < 1.29 is 9.47 Å². The molecule has 0 saturated carbocycles. The first-order valence-electron chi connectivity index (χ1n) is 6.83. The van der Waals surface area contributed by atoms with Gasteiger partial charge in [-0.25, -0.2) is 9.67 Å². The molecule has 0 amide bonds. The van der Waals surface area contributed by atoms with Crippen molar-refractivity contribution in [2.24, 2.45) is 5.73 Å². The molecule has 0 aliphatic carbocycles. The first kappa shape index (κ1) is 11.7. The molecule has 0 saturated heterocycles. The highest BCUT2D eigenvalue weighted by Gasteiger charge is 2.26. The SMILES string of the molecule is CC1C(N)CCc2nc(-c3ccc4c(c3)OCO4)nn21. The van der Waals surface area contributed by atoms with Gasteiger partial charge in [0.05, 0.1) is 6.04 Å². The van der Waals surface area contributed by atoms with Crippen LogP contribution in [0, 0.1) is 0 Å². The number of aromatic nitrogens is 3. The molecule has 20 heavy (non-hydrogen) atoms. The molecule has 0 bridgehead atoms. The summed E-state index contributed by atoms with van der Waals surface area (Å²) < 4.78 is 12.7. The Hall–Kier alpha value is -2.08. The van der Waals surface area contributed by atoms with Gasteiger partial charge in [0.1, 0.15) is 5.82 Å². The lowest BCUT2D eigenvalue weighted by Gasteiger charge is -2.25. The number of fused-ring (bicyclic) bond motifs is 2. The van der Waals surface area contributed by atoms with Crippen LogP contribution in [0.3, 0.4) is 0 Å². The predicted octanol–water partition coefficient (Wildman–Crippen LogP) is 1.51. The molecule has 3 heterocycles. The molecule has 4 rings (SSSR count). The van der Waals surface area contributed by atoms with Crippen molar-refractivity contribution in [1.82, 2.24) is 14.8 Å². The molecule has 2 atom stereocenters. The number of aryl methyl sites for hydroxylation is 1. The Kier molecular flexibility index (Phi) is 2.47. The van der Waals surface area contributed by atoms with Crippen LogP contribution in [-0.2, 0) is 6.42 Å². The van der Waals surface area contributed by atoms with E-state index in [1.165, 1.54) is 0 Å². The first-order chi connectivity index (χ1) is 9.72. The summed E-state index contributed by atoms with van der Waals surface area (Å²) in [6.45, 7) is 2.36. The molecule has 0 spiro atoms. The van der Waals surface area contributed by atoms with Crippen LogP contribution in [0.1, 0.15) is 25.2 Å². The Morgan fingerprint density at radius 3 is 3.05 bits per heavy atom. The van der Waals surface area contributed by atoms with Crippen LogP contribution in [0.25, 0.3) is 11.4 Å². The maximum absolute atomic E-state index is 6.09. The van der Waals surface area contributed by atoms with Crippen LogP contribution in [0.15, 0.2) is 18.2 Å². The van der Waals surface area contributed by atoms with Crippen LogP contribution in [-0.4, -0.2) is 27.6 Å². The second-order valence-corrected chi connectivity index (χ2v) is 5.31. The third kappa shape index (κ3) is 1.68. The van der Waals surface area contributed by atoms with Gasteiger partial charge in [-0.1, -0.05) is 0 Å². The quantitative estimate of drug-likeness (QED) is 0.851. The highest BCUT2D eigenvalue weighted by Crippen LogP contribution is 2.35. The van der Waals surface area contributed by atoms with Gasteiger partial charge in [-0.3, -0.25) is 0 Å². The molecular formula is C14H16N4O2. The van der Waals surface area contributed by atoms with E-state index in [1.807, 2.05) is 22.9 Å². The van der Waals surface area contributed by atoms with E-state index in [2.05, 4.69) is 17.0 Å². The van der Waals surface area contributed by atoms with Gasteiger partial charge in [-0.05, 0) is 31.5 Å². The summed E-state index contributed by atoms with van der Waals surface area (Å²) in [5, 5.41) is 4.61. The third-order valence-corrected chi connectivity index (χ3v) is 4.04. The fraction of sp³-hybridized carbons (Fsp3) is 0.429. The van der Waals surface area contributed by atoms with Gasteiger partial charge in [-0.15, -0.1) is 0 Å². The Labute approximate surface area is 116 Å². The van der Waals surface area contributed by atoms with Gasteiger partial charge >= 0.3 is 0 Å². The van der Waals surface area contributed by atoms with Gasteiger partial charge < -0.3 is 15.2 Å². The zero-order valence-corrected chi connectivity index (χ0v) is 11.2. The van der Waals surface area contributed by atoms with Crippen molar-refractivity contribution in [3.8, 4) is 22.9 Å². The lowest BCUT2D eigenvalue weighted by Crippen LogP contribution is -2.36. The average molecular weight is 272 g/mol. The van der Waals surface area contributed by atoms with Crippen LogP contribution < -0.4 is 15.2 Å². The summed E-state index contributed by atoms with van der Waals surface area (Å²) in [6.07, 6.45) is 1.84. The number of hydrogen-bond acceptors (Lipinski definition) is 5. The number of ether oxygens (including phenoxy) is 2. The van der Waals surface area contributed by atoms with E-state index in [0.29, 0.717) is 0 Å². The van der Waals surface area contributed by atoms with Crippen molar-refractivity contribution in [3.63, 3.8) is 0 Å². The summed E-state index contributed by atoms with van der Waals surface area (Å²) in [5.74, 6) is 3.25. The lowest BCUT2D eigenvalue weighted by atomic mass is 10.0. The third-order valence-electron chi connectivity index (χ3n) is 4.04. The minimum Gasteiger partial charge on any atom is -0.454 e. The Balaban J connectivity index is 1.75. The van der Waals surface area contributed by atoms with E-state index in [9.17, 15) is 0 Å². The minimum atomic E-state index is 0.147. The number of nitrogens with zero attached hydrogens (tertiary/aromatic N) is 3. The van der Waals surface area contributed by atoms with Gasteiger partial charge in [0.15, 0.2) is 17.3 Å². The second-order valence-electron chi connectivity index (χ2n) is 5.31. The highest BCUT2D eigenvalue weighted by molar-refractivity contribution is 5.61. The Morgan fingerprint density at radius 2 is 2.15 bits per heavy atom. The Bertz CT molecular complexity index is 667. The standard InChI is InChI=1S/C14H16N4O2/c1-8-10(15)3-5-13-16-14(17-18(8)13)9-2-4-11-12(6-9)20-7-19-11/h2,4,6,8,10H,3,5,7,15H2,1H3. The average Bonchev–Trinajstić information content (AvgIpc) is 3.08. The van der Waals surface area contributed by atoms with Crippen LogP contribution >= 0.6 is 0 Å². The largest absolute Gasteiger partial charge is 0.454 e. The summed E-state index contributed by atoms with van der Waals surface area (Å²) in [6, 6.07) is 6.11. The molecule has 0 fully saturated rings. The summed E-state index contributed by atoms with van der Waals surface area (Å²) >= 11 is 0. The molecule has 2 aromatic rings. The highest BCUT2D eigenvalue weighted by atomic mass is 16.7. The monoisotopic (exact) mass is 272 g/mol. The van der Waals surface area contributed by atoms with Crippen molar-refractivity contribution in [1.29, 1.82) is 0 Å². The lowest BCUT2D eigenvalue weighted by molar-refractivity contribution is 0.174. The smallest absolute Gasteiger partial charge is 0.231 e. The fourth-order valence-corrected chi connectivity index (χ4v) is 2.73. The van der Waals surface area contributed by atoms with Crippen molar-refractivity contribution >= 4 is 0 Å². The number of benzene rings is 1. The van der Waals surface area contributed by atoms with Crippen LogP contribution in [0.5, 0.6) is 11.5 Å². The minimum absolute atomic E-state index is 0.147. The van der Waals surface area contributed by atoms with Gasteiger partial charge in [0.25, 0.3) is 0 Å². The molecular weight excluding hydrogens is 256 g/mol. The van der Waals surface area contributed by atoms with E-state index < -0.39 is 0 Å². The van der Waals surface area contributed by atoms with E-state index in [1.54, 1.807) is 0 Å². The van der Waals surface area contributed by atoms with Crippen molar-refractivity contribution in [2.75, 3.05) is 6.79 Å².